The zero-order valence-corrected chi connectivity index (χ0v) is 12.8. The second kappa shape index (κ2) is 0.624. The van der Waals surface area contributed by atoms with Gasteiger partial charge in [-0.1, -0.05) is 0 Å². The molecule has 0 amide bonds. The molecule has 0 N–H and O–H groups in total. The van der Waals surface area contributed by atoms with E-state index in [0.29, 0.717) is 0 Å². The third-order valence-electron chi connectivity index (χ3n) is 17.5. The Morgan fingerprint density at radius 2 is 1.11 bits per heavy atom. The van der Waals surface area contributed by atoms with Crippen molar-refractivity contribution in [3.8, 4) is 0 Å². The molecule has 0 aromatic heterocycles. The van der Waals surface area contributed by atoms with E-state index in [1.807, 2.05) is 0 Å². The molecule has 0 aromatic rings. The van der Waals surface area contributed by atoms with Crippen molar-refractivity contribution in [3.05, 3.63) is 0 Å². The van der Waals surface area contributed by atoms with Crippen LogP contribution in [-0.2, 0) is 6.51 Å². The van der Waals surface area contributed by atoms with E-state index in [1.165, 1.54) is 43.3 Å². The summed E-state index contributed by atoms with van der Waals surface area (Å²) in [5.74, 6) is 0. The van der Waals surface area contributed by atoms with Crippen LogP contribution in [0.3, 0.4) is 0 Å². The summed E-state index contributed by atoms with van der Waals surface area (Å²) in [6.45, 7) is 4.91. The van der Waals surface area contributed by atoms with Crippen molar-refractivity contribution in [2.45, 2.75) is 87.7 Å². The predicted molar refractivity (Wildman–Crippen MR) is 69.7 cm³/mol. The number of hydrogen-bond acceptors (Lipinski definition) is 0. The first kappa shape index (κ1) is 7.51. The molecule has 10 aliphatic rings. The molecule has 4 atom stereocenters. The second-order valence-corrected chi connectivity index (χ2v) is 35.6. The van der Waals surface area contributed by atoms with E-state index in [4.69, 9.17) is 0 Å². The van der Waals surface area contributed by atoms with Crippen LogP contribution in [0.2, 0.25) is 47.7 Å². The van der Waals surface area contributed by atoms with Crippen molar-refractivity contribution in [2.24, 2.45) is 5.41 Å². The van der Waals surface area contributed by atoms with Gasteiger partial charge in [-0.3, -0.25) is 0 Å². The van der Waals surface area contributed by atoms with Crippen molar-refractivity contribution in [3.63, 3.8) is 0 Å². The zero-order valence-electron chi connectivity index (χ0n) is 11.7. The van der Waals surface area contributed by atoms with Gasteiger partial charge >= 0.3 is 99.6 Å². The first-order valence-electron chi connectivity index (χ1n) is 8.69. The first-order chi connectivity index (χ1) is 8.48. The van der Waals surface area contributed by atoms with Crippen molar-refractivity contribution in [1.82, 2.24) is 0 Å². The normalized spacial score (nSPS) is 114. The average molecular weight is 284 g/mol. The maximum absolute atomic E-state index is 2.80. The van der Waals surface area contributed by atoms with Crippen LogP contribution in [-0.4, -0.2) is 0 Å². The zero-order chi connectivity index (χ0) is 11.6. The molecule has 0 bridgehead atoms. The van der Waals surface area contributed by atoms with Crippen molar-refractivity contribution < 1.29 is 6.51 Å². The Kier molecular flexibility index (Phi) is 0.260. The molecule has 0 nitrogen and oxygen atoms in total. The molecule has 10 aliphatic heterocycles. The van der Waals surface area contributed by atoms with Gasteiger partial charge in [0.2, 0.25) is 0 Å². The quantitative estimate of drug-likeness (QED) is 0.558. The Labute approximate surface area is 99.6 Å². The number of fused-ring (bicyclic) bond motifs is 10. The maximum atomic E-state index is 2.57. The molecule has 0 radical (unpaired) electrons. The van der Waals surface area contributed by atoms with Crippen LogP contribution in [0.5, 0.6) is 0 Å². The van der Waals surface area contributed by atoms with Crippen LogP contribution in [0.25, 0.3) is 0 Å². The minimum atomic E-state index is -2.80. The number of hydrogen-bond donors (Lipinski definition) is 0. The summed E-state index contributed by atoms with van der Waals surface area (Å²) in [4.78, 5) is 13.7. The molecular formula is C17H24Fe. The fourth-order valence-corrected chi connectivity index (χ4v) is 95.6. The Morgan fingerprint density at radius 1 is 0.722 bits per heavy atom. The fraction of sp³-hybridized carbons (Fsp3) is 1.00. The molecular weight excluding hydrogens is 260 g/mol. The van der Waals surface area contributed by atoms with Gasteiger partial charge in [-0.25, -0.2) is 0 Å². The van der Waals surface area contributed by atoms with Gasteiger partial charge in [0, 0.05) is 0 Å². The molecule has 1 spiro atoms. The van der Waals surface area contributed by atoms with Gasteiger partial charge in [0.05, 0.1) is 0 Å². The molecule has 10 rings (SSSR count). The number of rotatable bonds is 4. The molecule has 100 valence electrons. The molecule has 0 aromatic carbocycles. The van der Waals surface area contributed by atoms with Gasteiger partial charge in [-0.05, 0) is 0 Å². The van der Waals surface area contributed by atoms with Crippen LogP contribution in [0.15, 0.2) is 0 Å². The standard InChI is InChI=1S/C12H19.C5H5.Fe/c1-4-12(5-2,6-3)11-9-7-8-10-11;1-2-4-5-3-1;/h7-10H,4-6H2,1-3H3;1-5H;. The Balaban J connectivity index is 1.57. The molecule has 18 heavy (non-hydrogen) atoms. The van der Waals surface area contributed by atoms with E-state index in [9.17, 15) is 0 Å². The topological polar surface area (TPSA) is 0 Å². The van der Waals surface area contributed by atoms with Gasteiger partial charge in [-0.2, -0.15) is 0 Å². The molecule has 10 saturated heterocycles. The Bertz CT molecular complexity index is 877. The monoisotopic (exact) mass is 284 g/mol. The van der Waals surface area contributed by atoms with Crippen molar-refractivity contribution in [2.75, 3.05) is 0 Å². The van der Waals surface area contributed by atoms with E-state index in [1.54, 1.807) is 19.3 Å². The van der Waals surface area contributed by atoms with Crippen LogP contribution in [0, 0.1) is 5.41 Å². The average Bonchev–Trinajstić information content (AvgIpc) is 3.35. The molecule has 10 fully saturated rings. The minimum absolute atomic E-state index is 0.863. The Hall–Kier alpha value is 0.519. The molecule has 4 unspecified atom stereocenters. The van der Waals surface area contributed by atoms with Crippen molar-refractivity contribution >= 4 is 0 Å². The van der Waals surface area contributed by atoms with E-state index in [0.717, 1.165) is 9.73 Å². The summed E-state index contributed by atoms with van der Waals surface area (Å²) >= 11 is 0. The van der Waals surface area contributed by atoms with Crippen molar-refractivity contribution in [1.29, 1.82) is 0 Å². The van der Waals surface area contributed by atoms with Crippen LogP contribution >= 0.6 is 0 Å². The van der Waals surface area contributed by atoms with E-state index >= 15 is 0 Å². The third-order valence-corrected chi connectivity index (χ3v) is 60.1. The van der Waals surface area contributed by atoms with Gasteiger partial charge in [0.25, 0.3) is 0 Å². The van der Waals surface area contributed by atoms with E-state index in [2.05, 4.69) is 20.8 Å². The summed E-state index contributed by atoms with van der Waals surface area (Å²) < 4.78 is 1.16. The molecule has 10 heterocycles. The van der Waals surface area contributed by atoms with Gasteiger partial charge < -0.3 is 0 Å². The van der Waals surface area contributed by atoms with E-state index < -0.39 is 6.51 Å². The molecule has 0 aliphatic carbocycles. The van der Waals surface area contributed by atoms with Crippen LogP contribution < -0.4 is 0 Å². The first-order valence-corrected chi connectivity index (χ1v) is 15.0. The summed E-state index contributed by atoms with van der Waals surface area (Å²) in [6.07, 6.45) is 4.64. The summed E-state index contributed by atoms with van der Waals surface area (Å²) in [5, 5.41) is 0. The molecule has 0 saturated carbocycles. The SMILES string of the molecule is CCC(CC)(CC)[C]12[CH]3[CH]4[CH]5[CH]1[Fe]45321678[CH]2[CH]1[CH]6[CH]7[CH]28. The van der Waals surface area contributed by atoms with Crippen LogP contribution in [0.1, 0.15) is 40.0 Å². The summed E-state index contributed by atoms with van der Waals surface area (Å²) in [5.41, 5.74) is 0.863. The molecule has 1 heteroatoms. The summed E-state index contributed by atoms with van der Waals surface area (Å²) in [6, 6.07) is 0. The summed E-state index contributed by atoms with van der Waals surface area (Å²) in [7, 11) is 0. The van der Waals surface area contributed by atoms with Gasteiger partial charge in [0.15, 0.2) is 0 Å². The fourth-order valence-electron chi connectivity index (χ4n) is 19.2. The van der Waals surface area contributed by atoms with Gasteiger partial charge in [0.1, 0.15) is 0 Å². The van der Waals surface area contributed by atoms with E-state index in [-0.39, 0.29) is 0 Å². The Morgan fingerprint density at radius 3 is 1.28 bits per heavy atom. The van der Waals surface area contributed by atoms with Gasteiger partial charge in [-0.15, -0.1) is 0 Å². The van der Waals surface area contributed by atoms with Crippen LogP contribution in [0.4, 0.5) is 0 Å². The third kappa shape index (κ3) is 0.0742. The second-order valence-electron chi connectivity index (χ2n) is 12.0. The predicted octanol–water partition coefficient (Wildman–Crippen LogP) is 5.96.